The summed E-state index contributed by atoms with van der Waals surface area (Å²) in [5.41, 5.74) is 2.25. The molecule has 1 N–H and O–H groups in total. The number of nitrogens with one attached hydrogen (secondary N) is 1. The molecule has 3 rings (SSSR count). The van der Waals surface area contributed by atoms with Gasteiger partial charge in [-0.25, -0.2) is 0 Å². The molecule has 0 spiro atoms. The van der Waals surface area contributed by atoms with E-state index in [-0.39, 0.29) is 11.2 Å². The number of hydrogen-bond acceptors (Lipinski definition) is 5. The van der Waals surface area contributed by atoms with Crippen LogP contribution in [0.1, 0.15) is 38.7 Å². The molecule has 6 nitrogen and oxygen atoms in total. The summed E-state index contributed by atoms with van der Waals surface area (Å²) in [4.78, 5) is 14.5. The smallest absolute Gasteiger partial charge is 0.233 e. The van der Waals surface area contributed by atoms with E-state index in [0.29, 0.717) is 6.54 Å². The van der Waals surface area contributed by atoms with Gasteiger partial charge in [-0.2, -0.15) is 0 Å². The van der Waals surface area contributed by atoms with E-state index in [2.05, 4.69) is 63.1 Å². The van der Waals surface area contributed by atoms with Crippen molar-refractivity contribution < 1.29 is 4.79 Å². The van der Waals surface area contributed by atoms with E-state index >= 15 is 0 Å². The number of carbonyl (C=O) groups is 1. The summed E-state index contributed by atoms with van der Waals surface area (Å²) < 4.78 is 2.08. The lowest BCUT2D eigenvalue weighted by molar-refractivity contribution is -0.120. The van der Waals surface area contributed by atoms with Crippen molar-refractivity contribution in [2.45, 2.75) is 50.4 Å². The van der Waals surface area contributed by atoms with Crippen molar-refractivity contribution in [1.29, 1.82) is 0 Å². The van der Waals surface area contributed by atoms with Crippen molar-refractivity contribution in [3.63, 3.8) is 0 Å². The highest BCUT2D eigenvalue weighted by atomic mass is 32.2. The fourth-order valence-electron chi connectivity index (χ4n) is 2.98. The molecule has 2 heterocycles. The molecule has 0 radical (unpaired) electrons. The van der Waals surface area contributed by atoms with Crippen LogP contribution < -0.4 is 10.2 Å². The first-order valence-electron chi connectivity index (χ1n) is 9.32. The summed E-state index contributed by atoms with van der Waals surface area (Å²) in [5.74, 6) is 0.910. The van der Waals surface area contributed by atoms with Gasteiger partial charge in [-0.05, 0) is 45.2 Å². The van der Waals surface area contributed by atoms with Gasteiger partial charge < -0.3 is 10.2 Å². The molecule has 1 unspecified atom stereocenters. The van der Waals surface area contributed by atoms with E-state index in [0.717, 1.165) is 36.3 Å². The molecule has 140 valence electrons. The van der Waals surface area contributed by atoms with Gasteiger partial charge in [0, 0.05) is 19.6 Å². The van der Waals surface area contributed by atoms with Crippen molar-refractivity contribution in [1.82, 2.24) is 20.1 Å². The third kappa shape index (κ3) is 4.20. The zero-order chi connectivity index (χ0) is 18.5. The quantitative estimate of drug-likeness (QED) is 0.755. The molecule has 0 aliphatic carbocycles. The van der Waals surface area contributed by atoms with Crippen molar-refractivity contribution in [3.8, 4) is 5.69 Å². The Morgan fingerprint density at radius 1 is 1.23 bits per heavy atom. The summed E-state index contributed by atoms with van der Waals surface area (Å²) in [6, 6.07) is 8.36. The average Bonchev–Trinajstić information content (AvgIpc) is 3.30. The molecule has 1 atom stereocenters. The number of aromatic nitrogens is 3. The summed E-state index contributed by atoms with van der Waals surface area (Å²) in [6.45, 7) is 8.75. The lowest BCUT2D eigenvalue weighted by Gasteiger charge is -2.19. The van der Waals surface area contributed by atoms with Gasteiger partial charge in [0.05, 0.1) is 10.9 Å². The zero-order valence-corrected chi connectivity index (χ0v) is 16.6. The number of amides is 1. The largest absolute Gasteiger partial charge is 0.355 e. The summed E-state index contributed by atoms with van der Waals surface area (Å²) in [6.07, 6.45) is 3.29. The molecule has 1 saturated heterocycles. The van der Waals surface area contributed by atoms with E-state index in [1.54, 1.807) is 0 Å². The molecule has 1 aromatic heterocycles. The Morgan fingerprint density at radius 3 is 2.58 bits per heavy atom. The molecule has 2 aromatic rings. The van der Waals surface area contributed by atoms with Crippen LogP contribution in [-0.2, 0) is 4.79 Å². The lowest BCUT2D eigenvalue weighted by atomic mass is 10.2. The minimum Gasteiger partial charge on any atom is -0.355 e. The molecule has 1 aliphatic heterocycles. The highest BCUT2D eigenvalue weighted by Gasteiger charge is 2.25. The van der Waals surface area contributed by atoms with Crippen LogP contribution in [-0.4, -0.2) is 45.6 Å². The second kappa shape index (κ2) is 8.58. The maximum atomic E-state index is 12.3. The fourth-order valence-corrected chi connectivity index (χ4v) is 3.87. The second-order valence-corrected chi connectivity index (χ2v) is 8.01. The molecule has 0 bridgehead atoms. The van der Waals surface area contributed by atoms with Crippen LogP contribution >= 0.6 is 11.8 Å². The van der Waals surface area contributed by atoms with Gasteiger partial charge in [0.25, 0.3) is 0 Å². The van der Waals surface area contributed by atoms with Crippen molar-refractivity contribution in [3.05, 3.63) is 29.8 Å². The van der Waals surface area contributed by atoms with Crippen LogP contribution in [0, 0.1) is 6.92 Å². The lowest BCUT2D eigenvalue weighted by Crippen LogP contribution is -2.31. The number of hydrogen-bond donors (Lipinski definition) is 1. The number of benzene rings is 1. The maximum absolute atomic E-state index is 12.3. The van der Waals surface area contributed by atoms with Crippen LogP contribution in [0.5, 0.6) is 0 Å². The Kier molecular flexibility index (Phi) is 6.19. The van der Waals surface area contributed by atoms with Gasteiger partial charge in [0.2, 0.25) is 11.9 Å². The van der Waals surface area contributed by atoms with E-state index in [9.17, 15) is 4.79 Å². The van der Waals surface area contributed by atoms with Crippen molar-refractivity contribution in [2.75, 3.05) is 24.5 Å². The third-order valence-corrected chi connectivity index (χ3v) is 5.54. The number of thioether (sulfide) groups is 1. The topological polar surface area (TPSA) is 63.1 Å². The Bertz CT molecular complexity index is 737. The fraction of sp³-hybridized carbons (Fsp3) is 0.526. The van der Waals surface area contributed by atoms with Gasteiger partial charge in [-0.15, -0.1) is 10.2 Å². The molecular weight excluding hydrogens is 346 g/mol. The Hall–Kier alpha value is -2.02. The predicted molar refractivity (Wildman–Crippen MR) is 106 cm³/mol. The van der Waals surface area contributed by atoms with E-state index in [4.69, 9.17) is 0 Å². The minimum atomic E-state index is -0.221. The molecule has 26 heavy (non-hydrogen) atoms. The molecule has 7 heteroatoms. The van der Waals surface area contributed by atoms with Gasteiger partial charge in [-0.1, -0.05) is 36.4 Å². The van der Waals surface area contributed by atoms with Crippen LogP contribution in [0.4, 0.5) is 5.95 Å². The number of anilines is 1. The standard InChI is InChI=1S/C19H27N5OS/c1-4-11-20-17(25)15(3)26-19-22-21-18(23-12-5-6-13-23)24(19)16-9-7-14(2)8-10-16/h7-10,15H,4-6,11-13H2,1-3H3,(H,20,25). The summed E-state index contributed by atoms with van der Waals surface area (Å²) in [7, 11) is 0. The van der Waals surface area contributed by atoms with Crippen LogP contribution in [0.2, 0.25) is 0 Å². The highest BCUT2D eigenvalue weighted by molar-refractivity contribution is 8.00. The molecule has 1 fully saturated rings. The van der Waals surface area contributed by atoms with E-state index < -0.39 is 0 Å². The first-order valence-corrected chi connectivity index (χ1v) is 10.2. The molecular formula is C19H27N5OS. The van der Waals surface area contributed by atoms with Gasteiger partial charge in [0.15, 0.2) is 5.16 Å². The molecule has 1 aliphatic rings. The van der Waals surface area contributed by atoms with Crippen molar-refractivity contribution >= 4 is 23.6 Å². The number of nitrogens with zero attached hydrogens (tertiary/aromatic N) is 4. The third-order valence-electron chi connectivity index (χ3n) is 4.50. The SMILES string of the molecule is CCCNC(=O)C(C)Sc1nnc(N2CCCC2)n1-c1ccc(C)cc1. The number of carbonyl (C=O) groups excluding carboxylic acids is 1. The monoisotopic (exact) mass is 373 g/mol. The minimum absolute atomic E-state index is 0.0398. The Morgan fingerprint density at radius 2 is 1.92 bits per heavy atom. The summed E-state index contributed by atoms with van der Waals surface area (Å²) >= 11 is 1.46. The van der Waals surface area contributed by atoms with Crippen LogP contribution in [0.25, 0.3) is 5.69 Å². The number of rotatable bonds is 7. The Labute approximate surface area is 159 Å². The average molecular weight is 374 g/mol. The van der Waals surface area contributed by atoms with Crippen molar-refractivity contribution in [2.24, 2.45) is 0 Å². The maximum Gasteiger partial charge on any atom is 0.233 e. The molecule has 1 amide bonds. The molecule has 1 aromatic carbocycles. The van der Waals surface area contributed by atoms with E-state index in [1.165, 1.54) is 30.2 Å². The van der Waals surface area contributed by atoms with Gasteiger partial charge in [0.1, 0.15) is 0 Å². The number of aryl methyl sites for hydroxylation is 1. The first-order chi connectivity index (χ1) is 12.6. The highest BCUT2D eigenvalue weighted by Crippen LogP contribution is 2.30. The normalized spacial score (nSPS) is 15.3. The second-order valence-electron chi connectivity index (χ2n) is 6.70. The van der Waals surface area contributed by atoms with Crippen LogP contribution in [0.3, 0.4) is 0 Å². The summed E-state index contributed by atoms with van der Waals surface area (Å²) in [5, 5.41) is 12.4. The predicted octanol–water partition coefficient (Wildman–Crippen LogP) is 3.18. The van der Waals surface area contributed by atoms with Gasteiger partial charge >= 0.3 is 0 Å². The zero-order valence-electron chi connectivity index (χ0n) is 15.7. The van der Waals surface area contributed by atoms with Gasteiger partial charge in [-0.3, -0.25) is 9.36 Å². The van der Waals surface area contributed by atoms with Crippen LogP contribution in [0.15, 0.2) is 29.4 Å². The molecule has 0 saturated carbocycles. The first kappa shape index (κ1) is 18.8. The van der Waals surface area contributed by atoms with E-state index in [1.807, 2.05) is 6.92 Å². The Balaban J connectivity index is 1.89.